The monoisotopic (exact) mass is 340 g/mol. The zero-order chi connectivity index (χ0) is 18.6. The number of esters is 1. The lowest BCUT2D eigenvalue weighted by Gasteiger charge is -2.12. The first-order chi connectivity index (χ1) is 11.9. The second-order valence-corrected chi connectivity index (χ2v) is 5.80. The molecule has 25 heavy (non-hydrogen) atoms. The Balaban J connectivity index is 2.14. The van der Waals surface area contributed by atoms with Crippen LogP contribution in [0.2, 0.25) is 0 Å². The van der Waals surface area contributed by atoms with Crippen molar-refractivity contribution >= 4 is 5.97 Å². The summed E-state index contributed by atoms with van der Waals surface area (Å²) in [6.45, 7) is 5.38. The van der Waals surface area contributed by atoms with E-state index in [4.69, 9.17) is 14.7 Å². The number of nitrogens with zero attached hydrogens (tertiary/aromatic N) is 1. The van der Waals surface area contributed by atoms with E-state index in [1.54, 1.807) is 26.0 Å². The van der Waals surface area contributed by atoms with E-state index in [-0.39, 0.29) is 12.0 Å². The van der Waals surface area contributed by atoms with Gasteiger partial charge in [-0.3, -0.25) is 9.59 Å². The van der Waals surface area contributed by atoms with Crippen LogP contribution >= 0.6 is 0 Å². The molecule has 0 amide bonds. The van der Waals surface area contributed by atoms with Gasteiger partial charge in [0, 0.05) is 5.69 Å². The Bertz CT molecular complexity index is 907. The van der Waals surface area contributed by atoms with Crippen LogP contribution in [0.1, 0.15) is 34.4 Å². The third-order valence-corrected chi connectivity index (χ3v) is 4.04. The Morgan fingerprint density at radius 1 is 1.24 bits per heavy atom. The zero-order valence-electron chi connectivity index (χ0n) is 14.7. The molecule has 0 bridgehead atoms. The Morgan fingerprint density at radius 3 is 2.60 bits per heavy atom. The molecule has 0 aliphatic heterocycles. The standard InChI is InChI=1S/C19H20N2O4/c1-11-5-7-16(17(9-11)24-4)25-18(22)8-6-14-12(2)15(10-20)19(23)21-13(14)3/h5,7,9H,6,8H2,1-4H3,(H,21,23). The number of ether oxygens (including phenoxy) is 2. The number of nitrogens with one attached hydrogen (secondary N) is 1. The summed E-state index contributed by atoms with van der Waals surface area (Å²) >= 11 is 0. The molecule has 0 aliphatic carbocycles. The summed E-state index contributed by atoms with van der Waals surface area (Å²) in [5.41, 5.74) is 2.71. The highest BCUT2D eigenvalue weighted by Crippen LogP contribution is 2.28. The molecule has 0 fully saturated rings. The smallest absolute Gasteiger partial charge is 0.311 e. The fraction of sp³-hybridized carbons (Fsp3) is 0.316. The Kier molecular flexibility index (Phi) is 5.60. The average molecular weight is 340 g/mol. The number of aryl methyl sites for hydroxylation is 2. The number of aromatic amines is 1. The minimum atomic E-state index is -0.411. The van der Waals surface area contributed by atoms with Crippen molar-refractivity contribution < 1.29 is 14.3 Å². The highest BCUT2D eigenvalue weighted by Gasteiger charge is 2.15. The van der Waals surface area contributed by atoms with Crippen molar-refractivity contribution in [1.29, 1.82) is 5.26 Å². The number of rotatable bonds is 5. The largest absolute Gasteiger partial charge is 0.493 e. The van der Waals surface area contributed by atoms with Crippen molar-refractivity contribution in [3.63, 3.8) is 0 Å². The molecule has 0 saturated carbocycles. The Hall–Kier alpha value is -3.07. The SMILES string of the molecule is COc1cc(C)ccc1OC(=O)CCc1c(C)[nH]c(=O)c(C#N)c1C. The van der Waals surface area contributed by atoms with E-state index in [0.29, 0.717) is 29.2 Å². The molecule has 130 valence electrons. The molecular weight excluding hydrogens is 320 g/mol. The number of carbonyl (C=O) groups excluding carboxylic acids is 1. The van der Waals surface area contributed by atoms with Crippen molar-refractivity contribution in [3.8, 4) is 17.6 Å². The molecule has 0 aliphatic rings. The van der Waals surface area contributed by atoms with Crippen LogP contribution in [0.15, 0.2) is 23.0 Å². The van der Waals surface area contributed by atoms with Gasteiger partial charge in [0.15, 0.2) is 11.5 Å². The van der Waals surface area contributed by atoms with Crippen molar-refractivity contribution in [1.82, 2.24) is 4.98 Å². The predicted octanol–water partition coefficient (Wildman–Crippen LogP) is 2.72. The highest BCUT2D eigenvalue weighted by atomic mass is 16.6. The van der Waals surface area contributed by atoms with Gasteiger partial charge in [-0.05, 0) is 56.0 Å². The van der Waals surface area contributed by atoms with Crippen molar-refractivity contribution in [2.45, 2.75) is 33.6 Å². The van der Waals surface area contributed by atoms with E-state index >= 15 is 0 Å². The van der Waals surface area contributed by atoms with Gasteiger partial charge < -0.3 is 14.5 Å². The minimum absolute atomic E-state index is 0.0779. The summed E-state index contributed by atoms with van der Waals surface area (Å²) in [5.74, 6) is 0.452. The van der Waals surface area contributed by atoms with Crippen LogP contribution in [0.25, 0.3) is 0 Å². The third kappa shape index (κ3) is 4.07. The first kappa shape index (κ1) is 18.3. The molecule has 0 saturated heterocycles. The number of hydrogen-bond acceptors (Lipinski definition) is 5. The van der Waals surface area contributed by atoms with E-state index in [2.05, 4.69) is 4.98 Å². The van der Waals surface area contributed by atoms with Gasteiger partial charge in [0.25, 0.3) is 5.56 Å². The summed E-state index contributed by atoms with van der Waals surface area (Å²) in [4.78, 5) is 26.6. The molecule has 1 aromatic carbocycles. The van der Waals surface area contributed by atoms with Gasteiger partial charge in [0.05, 0.1) is 13.5 Å². The van der Waals surface area contributed by atoms with E-state index in [1.165, 1.54) is 7.11 Å². The summed E-state index contributed by atoms with van der Waals surface area (Å²) < 4.78 is 10.6. The van der Waals surface area contributed by atoms with Gasteiger partial charge >= 0.3 is 5.97 Å². The lowest BCUT2D eigenvalue weighted by Crippen LogP contribution is -2.18. The van der Waals surface area contributed by atoms with E-state index in [9.17, 15) is 9.59 Å². The maximum atomic E-state index is 12.2. The van der Waals surface area contributed by atoms with Gasteiger partial charge in [-0.2, -0.15) is 5.26 Å². The number of H-pyrrole nitrogens is 1. The molecule has 0 radical (unpaired) electrons. The number of hydrogen-bond donors (Lipinski definition) is 1. The Labute approximate surface area is 146 Å². The molecule has 0 unspecified atom stereocenters. The summed E-state index contributed by atoms with van der Waals surface area (Å²) in [5, 5.41) is 9.09. The summed E-state index contributed by atoms with van der Waals surface area (Å²) in [6.07, 6.45) is 0.492. The molecule has 0 spiro atoms. The maximum Gasteiger partial charge on any atom is 0.311 e. The van der Waals surface area contributed by atoms with Crippen LogP contribution < -0.4 is 15.0 Å². The number of aromatic nitrogens is 1. The number of methoxy groups -OCH3 is 1. The van der Waals surface area contributed by atoms with Crippen LogP contribution in [0, 0.1) is 32.1 Å². The summed E-state index contributed by atoms with van der Waals surface area (Å²) in [7, 11) is 1.52. The van der Waals surface area contributed by atoms with Crippen LogP contribution in [0.3, 0.4) is 0 Å². The van der Waals surface area contributed by atoms with Gasteiger partial charge in [-0.1, -0.05) is 6.07 Å². The van der Waals surface area contributed by atoms with Gasteiger partial charge in [0.2, 0.25) is 0 Å². The molecule has 0 atom stereocenters. The van der Waals surface area contributed by atoms with Crippen molar-refractivity contribution in [2.24, 2.45) is 0 Å². The first-order valence-electron chi connectivity index (χ1n) is 7.85. The van der Waals surface area contributed by atoms with Crippen LogP contribution in [0.4, 0.5) is 0 Å². The average Bonchev–Trinajstić information content (AvgIpc) is 2.56. The number of pyridine rings is 1. The lowest BCUT2D eigenvalue weighted by molar-refractivity contribution is -0.134. The Morgan fingerprint density at radius 2 is 1.96 bits per heavy atom. The fourth-order valence-electron chi connectivity index (χ4n) is 2.68. The molecule has 1 heterocycles. The quantitative estimate of drug-likeness (QED) is 0.667. The van der Waals surface area contributed by atoms with Crippen molar-refractivity contribution in [3.05, 3.63) is 56.5 Å². The molecule has 6 heteroatoms. The topological polar surface area (TPSA) is 92.2 Å². The number of nitriles is 1. The van der Waals surface area contributed by atoms with Crippen LogP contribution in [0.5, 0.6) is 11.5 Å². The lowest BCUT2D eigenvalue weighted by atomic mass is 9.99. The molecule has 1 N–H and O–H groups in total. The molecule has 6 nitrogen and oxygen atoms in total. The van der Waals surface area contributed by atoms with Crippen molar-refractivity contribution in [2.75, 3.05) is 7.11 Å². The molecule has 2 aromatic rings. The van der Waals surface area contributed by atoms with E-state index in [0.717, 1.165) is 11.1 Å². The van der Waals surface area contributed by atoms with Gasteiger partial charge in [0.1, 0.15) is 11.6 Å². The van der Waals surface area contributed by atoms with Gasteiger partial charge in [-0.15, -0.1) is 0 Å². The second-order valence-electron chi connectivity index (χ2n) is 5.80. The van der Waals surface area contributed by atoms with E-state index in [1.807, 2.05) is 19.1 Å². The van der Waals surface area contributed by atoms with Gasteiger partial charge in [-0.25, -0.2) is 0 Å². The van der Waals surface area contributed by atoms with Crippen LogP contribution in [-0.4, -0.2) is 18.1 Å². The van der Waals surface area contributed by atoms with Crippen LogP contribution in [-0.2, 0) is 11.2 Å². The van der Waals surface area contributed by atoms with E-state index < -0.39 is 11.5 Å². The summed E-state index contributed by atoms with van der Waals surface area (Å²) in [6, 6.07) is 7.22. The first-order valence-corrected chi connectivity index (χ1v) is 7.85. The second kappa shape index (κ2) is 7.67. The normalized spacial score (nSPS) is 10.2. The molecule has 1 aromatic heterocycles. The minimum Gasteiger partial charge on any atom is -0.493 e. The number of carbonyl (C=O) groups is 1. The fourth-order valence-corrected chi connectivity index (χ4v) is 2.68. The zero-order valence-corrected chi connectivity index (χ0v) is 14.7. The third-order valence-electron chi connectivity index (χ3n) is 4.04. The number of benzene rings is 1. The highest BCUT2D eigenvalue weighted by molar-refractivity contribution is 5.73. The predicted molar refractivity (Wildman–Crippen MR) is 92.9 cm³/mol. The maximum absolute atomic E-state index is 12.2. The molecular formula is C19H20N2O4. The molecule has 2 rings (SSSR count).